The summed E-state index contributed by atoms with van der Waals surface area (Å²) >= 11 is 0. The van der Waals surface area contributed by atoms with Gasteiger partial charge in [-0.15, -0.1) is 0 Å². The van der Waals surface area contributed by atoms with Crippen molar-refractivity contribution in [3.63, 3.8) is 0 Å². The van der Waals surface area contributed by atoms with Gasteiger partial charge in [0.15, 0.2) is 5.41 Å². The predicted molar refractivity (Wildman–Crippen MR) is 85.7 cm³/mol. The van der Waals surface area contributed by atoms with Crippen LogP contribution < -0.4 is 0 Å². The Morgan fingerprint density at radius 3 is 2.54 bits per heavy atom. The van der Waals surface area contributed by atoms with Gasteiger partial charge in [0, 0.05) is 19.0 Å². The number of aryl methyl sites for hydroxylation is 1. The molecule has 1 N–H and O–H groups in total. The van der Waals surface area contributed by atoms with Crippen LogP contribution in [0.4, 0.5) is 0 Å². The first kappa shape index (κ1) is 16.0. The van der Waals surface area contributed by atoms with Crippen molar-refractivity contribution in [2.75, 3.05) is 20.1 Å². The fourth-order valence-electron chi connectivity index (χ4n) is 3.88. The second-order valence-corrected chi connectivity index (χ2v) is 6.47. The van der Waals surface area contributed by atoms with E-state index in [0.29, 0.717) is 24.6 Å². The molecule has 0 unspecified atom stereocenters. The first-order valence-electron chi connectivity index (χ1n) is 7.74. The van der Waals surface area contributed by atoms with Gasteiger partial charge in [0.1, 0.15) is 17.4 Å². The van der Waals surface area contributed by atoms with E-state index < -0.39 is 17.3 Å². The molecule has 2 heterocycles. The zero-order valence-electron chi connectivity index (χ0n) is 13.6. The summed E-state index contributed by atoms with van der Waals surface area (Å²) in [5.74, 6) is -0.392. The van der Waals surface area contributed by atoms with Crippen molar-refractivity contribution >= 4 is 5.71 Å². The molecular formula is C18H17N5O. The summed E-state index contributed by atoms with van der Waals surface area (Å²) in [7, 11) is 1.96. The highest BCUT2D eigenvalue weighted by Gasteiger charge is 2.58. The largest absolute Gasteiger partial charge is 0.466 e. The van der Waals surface area contributed by atoms with Crippen molar-refractivity contribution < 1.29 is 4.42 Å². The van der Waals surface area contributed by atoms with Crippen molar-refractivity contribution in [1.29, 1.82) is 21.2 Å². The van der Waals surface area contributed by atoms with Crippen molar-refractivity contribution in [1.82, 2.24) is 4.90 Å². The lowest BCUT2D eigenvalue weighted by Gasteiger charge is -2.46. The number of likely N-dealkylation sites (N-methyl/N-ethyl adjacent to an activating group) is 1. The zero-order chi connectivity index (χ0) is 17.5. The molecule has 1 aliphatic heterocycles. The van der Waals surface area contributed by atoms with Crippen molar-refractivity contribution in [2.45, 2.75) is 12.8 Å². The molecule has 0 spiro atoms. The molecule has 1 aliphatic carbocycles. The van der Waals surface area contributed by atoms with Crippen LogP contribution in [0.1, 0.15) is 17.4 Å². The summed E-state index contributed by atoms with van der Waals surface area (Å²) < 4.78 is 5.76. The molecule has 1 fully saturated rings. The monoisotopic (exact) mass is 319 g/mol. The Morgan fingerprint density at radius 1 is 1.29 bits per heavy atom. The maximum Gasteiger partial charge on any atom is 0.192 e. The summed E-state index contributed by atoms with van der Waals surface area (Å²) in [4.78, 5) is 2.08. The van der Waals surface area contributed by atoms with Crippen LogP contribution in [0.5, 0.6) is 0 Å². The van der Waals surface area contributed by atoms with Gasteiger partial charge in [-0.2, -0.15) is 15.8 Å². The van der Waals surface area contributed by atoms with E-state index in [4.69, 9.17) is 9.83 Å². The van der Waals surface area contributed by atoms with Gasteiger partial charge >= 0.3 is 0 Å². The molecule has 6 heteroatoms. The van der Waals surface area contributed by atoms with Crippen LogP contribution in [-0.4, -0.2) is 30.7 Å². The molecule has 3 rings (SSSR count). The smallest absolute Gasteiger partial charge is 0.192 e. The molecule has 0 saturated heterocycles. The number of hydrogen-bond acceptors (Lipinski definition) is 6. The predicted octanol–water partition coefficient (Wildman–Crippen LogP) is 2.37. The zero-order valence-corrected chi connectivity index (χ0v) is 13.6. The van der Waals surface area contributed by atoms with E-state index >= 15 is 0 Å². The first-order valence-corrected chi connectivity index (χ1v) is 7.74. The van der Waals surface area contributed by atoms with Gasteiger partial charge in [-0.3, -0.25) is 0 Å². The van der Waals surface area contributed by atoms with Gasteiger partial charge in [0.05, 0.1) is 29.8 Å². The number of nitrogens with one attached hydrogen (secondary N) is 1. The topological polar surface area (TPSA) is 112 Å². The van der Waals surface area contributed by atoms with Crippen molar-refractivity contribution in [3.8, 4) is 18.2 Å². The number of fused-ring (bicyclic) bond motifs is 1. The molecule has 0 bridgehead atoms. The van der Waals surface area contributed by atoms with Crippen LogP contribution in [-0.2, 0) is 0 Å². The molecule has 1 saturated carbocycles. The van der Waals surface area contributed by atoms with Crippen LogP contribution in [0.25, 0.3) is 0 Å². The highest BCUT2D eigenvalue weighted by molar-refractivity contribution is 6.00. The fourth-order valence-corrected chi connectivity index (χ4v) is 3.88. The van der Waals surface area contributed by atoms with Gasteiger partial charge in [0.25, 0.3) is 0 Å². The number of nitrogens with zero attached hydrogens (tertiary/aromatic N) is 4. The van der Waals surface area contributed by atoms with E-state index in [-0.39, 0.29) is 11.6 Å². The minimum absolute atomic E-state index is 0.138. The summed E-state index contributed by atoms with van der Waals surface area (Å²) in [5.41, 5.74) is -0.993. The van der Waals surface area contributed by atoms with Gasteiger partial charge < -0.3 is 14.7 Å². The standard InChI is InChI=1S/C18H17N5O/c1-11-3-4-15(24-11)16-14-8-23(2)6-5-12(14)13(7-19)17(22)18(16,9-20)10-21/h3-5,13-14,16,22H,6,8H2,1-2H3/t13-,14+,16+/m0/s1. The lowest BCUT2D eigenvalue weighted by Crippen LogP contribution is -2.52. The quantitative estimate of drug-likeness (QED) is 0.799. The normalized spacial score (nSPS) is 28.9. The number of furan rings is 1. The minimum Gasteiger partial charge on any atom is -0.466 e. The second kappa shape index (κ2) is 5.64. The van der Waals surface area contributed by atoms with Crippen LogP contribution in [0.2, 0.25) is 0 Å². The van der Waals surface area contributed by atoms with Crippen LogP contribution in [0.15, 0.2) is 28.2 Å². The molecule has 0 amide bonds. The van der Waals surface area contributed by atoms with Crippen LogP contribution in [0.3, 0.4) is 0 Å². The maximum atomic E-state index is 9.82. The van der Waals surface area contributed by atoms with Crippen LogP contribution in [0, 0.1) is 63.6 Å². The van der Waals surface area contributed by atoms with Gasteiger partial charge in [-0.05, 0) is 31.7 Å². The average Bonchev–Trinajstić information content (AvgIpc) is 3.00. The highest BCUT2D eigenvalue weighted by atomic mass is 16.3. The van der Waals surface area contributed by atoms with Gasteiger partial charge in [-0.25, -0.2) is 0 Å². The number of rotatable bonds is 1. The van der Waals surface area contributed by atoms with E-state index in [9.17, 15) is 15.8 Å². The van der Waals surface area contributed by atoms with Crippen LogP contribution >= 0.6 is 0 Å². The van der Waals surface area contributed by atoms with E-state index in [1.807, 2.05) is 25.3 Å². The fraction of sp³-hybridized carbons (Fsp3) is 0.444. The van der Waals surface area contributed by atoms with E-state index in [1.54, 1.807) is 19.1 Å². The third-order valence-electron chi connectivity index (χ3n) is 5.04. The Hall–Kier alpha value is -2.88. The maximum absolute atomic E-state index is 9.82. The molecular weight excluding hydrogens is 302 g/mol. The Balaban J connectivity index is 2.26. The Morgan fingerprint density at radius 2 is 2.00 bits per heavy atom. The van der Waals surface area contributed by atoms with Gasteiger partial charge in [0.2, 0.25) is 0 Å². The summed E-state index contributed by atoms with van der Waals surface area (Å²) in [6.45, 7) is 3.11. The molecule has 1 aromatic rings. The number of nitriles is 3. The Kier molecular flexibility index (Phi) is 3.76. The second-order valence-electron chi connectivity index (χ2n) is 6.47. The van der Waals surface area contributed by atoms with E-state index in [2.05, 4.69) is 11.0 Å². The molecule has 120 valence electrons. The van der Waals surface area contributed by atoms with E-state index in [1.165, 1.54) is 0 Å². The molecule has 2 aliphatic rings. The van der Waals surface area contributed by atoms with Crippen molar-refractivity contribution in [3.05, 3.63) is 35.3 Å². The average molecular weight is 319 g/mol. The summed E-state index contributed by atoms with van der Waals surface area (Å²) in [6.07, 6.45) is 1.96. The molecule has 6 nitrogen and oxygen atoms in total. The Labute approximate surface area is 140 Å². The van der Waals surface area contributed by atoms with Gasteiger partial charge in [-0.1, -0.05) is 6.08 Å². The third-order valence-corrected chi connectivity index (χ3v) is 5.04. The molecule has 3 atom stereocenters. The summed E-state index contributed by atoms with van der Waals surface area (Å²) in [6, 6.07) is 9.78. The lowest BCUT2D eigenvalue weighted by atomic mass is 9.55. The molecule has 1 aromatic heterocycles. The minimum atomic E-state index is -1.69. The SMILES string of the molecule is Cc1ccc([C@H]2[C@@H]3CN(C)CC=C3[C@H](C#N)C(=N)C2(C#N)C#N)o1. The first-order chi connectivity index (χ1) is 11.5. The number of hydrogen-bond donors (Lipinski definition) is 1. The van der Waals surface area contributed by atoms with Crippen molar-refractivity contribution in [2.24, 2.45) is 17.3 Å². The molecule has 24 heavy (non-hydrogen) atoms. The Bertz CT molecular complexity index is 830. The lowest BCUT2D eigenvalue weighted by molar-refractivity contribution is 0.216. The summed E-state index contributed by atoms with van der Waals surface area (Å²) in [5, 5.41) is 37.7. The molecule has 0 radical (unpaired) electrons. The molecule has 0 aromatic carbocycles. The third kappa shape index (κ3) is 2.07. The highest BCUT2D eigenvalue weighted by Crippen LogP contribution is 2.53. The van der Waals surface area contributed by atoms with E-state index in [0.717, 1.165) is 5.57 Å².